The maximum atomic E-state index is 11.7. The Bertz CT molecular complexity index is 609. The molecule has 1 heterocycles. The third-order valence-electron chi connectivity index (χ3n) is 3.05. The van der Waals surface area contributed by atoms with Crippen LogP contribution in [0, 0.1) is 0 Å². The maximum Gasteiger partial charge on any atom is 0.237 e. The van der Waals surface area contributed by atoms with Gasteiger partial charge in [0.15, 0.2) is 0 Å². The predicted octanol–water partition coefficient (Wildman–Crippen LogP) is 2.46. The smallest absolute Gasteiger partial charge is 0.237 e. The van der Waals surface area contributed by atoms with E-state index in [1.165, 1.54) is 0 Å². The molecule has 5 heteroatoms. The van der Waals surface area contributed by atoms with Gasteiger partial charge in [-0.1, -0.05) is 12.1 Å². The Morgan fingerprint density at radius 3 is 2.57 bits per heavy atom. The molecule has 1 N–H and O–H groups in total. The number of rotatable bonds is 5. The lowest BCUT2D eigenvalue weighted by Crippen LogP contribution is -2.23. The maximum absolute atomic E-state index is 11.7. The molecule has 0 saturated heterocycles. The Kier molecular flexibility index (Phi) is 4.77. The number of amides is 1. The summed E-state index contributed by atoms with van der Waals surface area (Å²) in [5, 5.41) is 3.24. The highest BCUT2D eigenvalue weighted by Crippen LogP contribution is 2.24. The number of hydrogen-bond donors (Lipinski definition) is 1. The van der Waals surface area contributed by atoms with Crippen molar-refractivity contribution in [1.29, 1.82) is 0 Å². The lowest BCUT2D eigenvalue weighted by Gasteiger charge is -2.12. The van der Waals surface area contributed by atoms with Gasteiger partial charge in [-0.25, -0.2) is 4.98 Å². The molecule has 0 atom stereocenters. The summed E-state index contributed by atoms with van der Waals surface area (Å²) in [4.78, 5) is 17.4. The van der Waals surface area contributed by atoms with Gasteiger partial charge in [-0.2, -0.15) is 0 Å². The van der Waals surface area contributed by atoms with Gasteiger partial charge < -0.3 is 15.0 Å². The summed E-state index contributed by atoms with van der Waals surface area (Å²) >= 11 is 0. The number of pyridine rings is 1. The monoisotopic (exact) mass is 285 g/mol. The second-order valence-electron chi connectivity index (χ2n) is 4.85. The summed E-state index contributed by atoms with van der Waals surface area (Å²) in [5.41, 5.74) is 2.71. The van der Waals surface area contributed by atoms with Crippen LogP contribution in [0.5, 0.6) is 5.88 Å². The summed E-state index contributed by atoms with van der Waals surface area (Å²) in [7, 11) is 5.10. The molecule has 2 aromatic rings. The van der Waals surface area contributed by atoms with E-state index >= 15 is 0 Å². The summed E-state index contributed by atoms with van der Waals surface area (Å²) in [6, 6.07) is 11.5. The fourth-order valence-corrected chi connectivity index (χ4v) is 1.84. The number of carbonyl (C=O) groups excluding carboxylic acids is 1. The number of benzene rings is 1. The van der Waals surface area contributed by atoms with Crippen LogP contribution in [-0.2, 0) is 11.2 Å². The number of ether oxygens (including phenoxy) is 1. The van der Waals surface area contributed by atoms with Crippen LogP contribution in [0.4, 0.5) is 11.4 Å². The third-order valence-corrected chi connectivity index (χ3v) is 3.05. The van der Waals surface area contributed by atoms with Crippen LogP contribution < -0.4 is 10.1 Å². The van der Waals surface area contributed by atoms with E-state index in [0.29, 0.717) is 12.3 Å². The number of anilines is 2. The van der Waals surface area contributed by atoms with Crippen molar-refractivity contribution in [2.75, 3.05) is 26.5 Å². The van der Waals surface area contributed by atoms with E-state index in [-0.39, 0.29) is 5.91 Å². The normalized spacial score (nSPS) is 10.0. The van der Waals surface area contributed by atoms with Gasteiger partial charge >= 0.3 is 0 Å². The average Bonchev–Trinajstić information content (AvgIpc) is 2.49. The zero-order valence-electron chi connectivity index (χ0n) is 12.5. The molecule has 1 aromatic heterocycles. The molecule has 0 radical (unpaired) electrons. The average molecular weight is 285 g/mol. The van der Waals surface area contributed by atoms with Crippen LogP contribution in [0.1, 0.15) is 5.56 Å². The number of nitrogens with one attached hydrogen (secondary N) is 1. The SMILES string of the molecule is COc1ncccc1Nc1ccc(CC(=O)N(C)C)cc1. The number of hydrogen-bond acceptors (Lipinski definition) is 4. The largest absolute Gasteiger partial charge is 0.480 e. The summed E-state index contributed by atoms with van der Waals surface area (Å²) in [6.07, 6.45) is 2.09. The first-order valence-electron chi connectivity index (χ1n) is 6.65. The molecular weight excluding hydrogens is 266 g/mol. The fraction of sp³-hybridized carbons (Fsp3) is 0.250. The van der Waals surface area contributed by atoms with E-state index in [1.54, 1.807) is 32.3 Å². The van der Waals surface area contributed by atoms with Crippen LogP contribution in [-0.4, -0.2) is 37.0 Å². The standard InChI is InChI=1S/C16H19N3O2/c1-19(2)15(20)11-12-6-8-13(9-7-12)18-14-5-4-10-17-16(14)21-3/h4-10,18H,11H2,1-3H3. The van der Waals surface area contributed by atoms with E-state index in [2.05, 4.69) is 10.3 Å². The highest BCUT2D eigenvalue weighted by Gasteiger charge is 2.06. The van der Waals surface area contributed by atoms with Crippen molar-refractivity contribution >= 4 is 17.3 Å². The first-order valence-corrected chi connectivity index (χ1v) is 6.65. The number of methoxy groups -OCH3 is 1. The summed E-state index contributed by atoms with van der Waals surface area (Å²) < 4.78 is 5.20. The van der Waals surface area contributed by atoms with Crippen LogP contribution in [0.3, 0.4) is 0 Å². The molecule has 0 spiro atoms. The Labute approximate surface area is 124 Å². The first-order chi connectivity index (χ1) is 10.1. The van der Waals surface area contributed by atoms with Crippen molar-refractivity contribution in [1.82, 2.24) is 9.88 Å². The zero-order valence-corrected chi connectivity index (χ0v) is 12.5. The molecule has 21 heavy (non-hydrogen) atoms. The van der Waals surface area contributed by atoms with Crippen molar-refractivity contribution in [2.45, 2.75) is 6.42 Å². The Morgan fingerprint density at radius 1 is 1.24 bits per heavy atom. The van der Waals surface area contributed by atoms with Gasteiger partial charge in [-0.15, -0.1) is 0 Å². The predicted molar refractivity (Wildman–Crippen MR) is 82.9 cm³/mol. The van der Waals surface area contributed by atoms with Crippen LogP contribution in [0.25, 0.3) is 0 Å². The molecule has 1 amide bonds. The molecule has 0 aliphatic carbocycles. The minimum absolute atomic E-state index is 0.0876. The molecule has 0 unspecified atom stereocenters. The van der Waals surface area contributed by atoms with E-state index < -0.39 is 0 Å². The molecule has 0 saturated carbocycles. The lowest BCUT2D eigenvalue weighted by molar-refractivity contribution is -0.127. The molecule has 0 fully saturated rings. The van der Waals surface area contributed by atoms with Crippen LogP contribution >= 0.6 is 0 Å². The molecule has 0 aliphatic rings. The molecule has 0 bridgehead atoms. The summed E-state index contributed by atoms with van der Waals surface area (Å²) in [6.45, 7) is 0. The van der Waals surface area contributed by atoms with Gasteiger partial charge in [0.1, 0.15) is 5.69 Å². The summed E-state index contributed by atoms with van der Waals surface area (Å²) in [5.74, 6) is 0.633. The number of carbonyl (C=O) groups is 1. The topological polar surface area (TPSA) is 54.5 Å². The number of aromatic nitrogens is 1. The van der Waals surface area contributed by atoms with Crippen molar-refractivity contribution < 1.29 is 9.53 Å². The van der Waals surface area contributed by atoms with Gasteiger partial charge in [-0.05, 0) is 29.8 Å². The Hall–Kier alpha value is -2.56. The highest BCUT2D eigenvalue weighted by atomic mass is 16.5. The molecular formula is C16H19N3O2. The van der Waals surface area contributed by atoms with Gasteiger partial charge in [0.25, 0.3) is 0 Å². The Balaban J connectivity index is 2.07. The molecule has 0 aliphatic heterocycles. The van der Waals surface area contributed by atoms with Gasteiger partial charge in [0, 0.05) is 26.0 Å². The van der Waals surface area contributed by atoms with Crippen molar-refractivity contribution in [2.24, 2.45) is 0 Å². The van der Waals surface area contributed by atoms with Gasteiger partial charge in [0.2, 0.25) is 11.8 Å². The quantitative estimate of drug-likeness (QED) is 0.917. The van der Waals surface area contributed by atoms with Crippen molar-refractivity contribution in [3.8, 4) is 5.88 Å². The lowest BCUT2D eigenvalue weighted by atomic mass is 10.1. The second kappa shape index (κ2) is 6.74. The van der Waals surface area contributed by atoms with E-state index in [4.69, 9.17) is 4.74 Å². The zero-order chi connectivity index (χ0) is 15.2. The van der Waals surface area contributed by atoms with Crippen LogP contribution in [0.15, 0.2) is 42.6 Å². The number of nitrogens with zero attached hydrogens (tertiary/aromatic N) is 2. The minimum atomic E-state index is 0.0876. The van der Waals surface area contributed by atoms with Gasteiger partial charge in [-0.3, -0.25) is 4.79 Å². The molecule has 1 aromatic carbocycles. The first kappa shape index (κ1) is 14.8. The van der Waals surface area contributed by atoms with E-state index in [1.807, 2.05) is 36.4 Å². The second-order valence-corrected chi connectivity index (χ2v) is 4.85. The van der Waals surface area contributed by atoms with Crippen molar-refractivity contribution in [3.05, 3.63) is 48.2 Å². The highest BCUT2D eigenvalue weighted by molar-refractivity contribution is 5.78. The van der Waals surface area contributed by atoms with Gasteiger partial charge in [0.05, 0.1) is 13.5 Å². The number of likely N-dealkylation sites (N-methyl/N-ethyl adjacent to an activating group) is 1. The van der Waals surface area contributed by atoms with E-state index in [0.717, 1.165) is 16.9 Å². The fourth-order valence-electron chi connectivity index (χ4n) is 1.84. The molecule has 5 nitrogen and oxygen atoms in total. The molecule has 2 rings (SSSR count). The Morgan fingerprint density at radius 2 is 1.95 bits per heavy atom. The minimum Gasteiger partial charge on any atom is -0.480 e. The van der Waals surface area contributed by atoms with Crippen molar-refractivity contribution in [3.63, 3.8) is 0 Å². The van der Waals surface area contributed by atoms with E-state index in [9.17, 15) is 4.79 Å². The van der Waals surface area contributed by atoms with Crippen LogP contribution in [0.2, 0.25) is 0 Å². The molecule has 110 valence electrons. The third kappa shape index (κ3) is 3.95.